The molecule has 0 amide bonds. The lowest BCUT2D eigenvalue weighted by atomic mass is 10.2. The van der Waals surface area contributed by atoms with Gasteiger partial charge in [-0.2, -0.15) is 0 Å². The van der Waals surface area contributed by atoms with Gasteiger partial charge < -0.3 is 5.32 Å². The van der Waals surface area contributed by atoms with Crippen molar-refractivity contribution in [2.24, 2.45) is 0 Å². The van der Waals surface area contributed by atoms with Gasteiger partial charge in [-0.05, 0) is 36.2 Å². The van der Waals surface area contributed by atoms with E-state index in [0.29, 0.717) is 5.82 Å². The van der Waals surface area contributed by atoms with Gasteiger partial charge in [0.1, 0.15) is 5.82 Å². The van der Waals surface area contributed by atoms with Crippen LogP contribution in [0, 0.1) is 0 Å². The van der Waals surface area contributed by atoms with E-state index < -0.39 is 10.0 Å². The molecule has 2 aromatic rings. The number of nitrogens with one attached hydrogen (secondary N) is 1. The quantitative estimate of drug-likeness (QED) is 0.937. The highest BCUT2D eigenvalue weighted by Gasteiger charge is 2.23. The first-order chi connectivity index (χ1) is 9.59. The summed E-state index contributed by atoms with van der Waals surface area (Å²) in [6, 6.07) is 10.4. The van der Waals surface area contributed by atoms with Crippen LogP contribution < -0.4 is 9.62 Å². The Morgan fingerprint density at radius 1 is 1.25 bits per heavy atom. The molecule has 0 aliphatic carbocycles. The smallest absolute Gasteiger partial charge is 0.265 e. The molecule has 0 saturated carbocycles. The van der Waals surface area contributed by atoms with E-state index in [-0.39, 0.29) is 4.90 Å². The average molecular weight is 289 g/mol. The van der Waals surface area contributed by atoms with Crippen LogP contribution in [0.1, 0.15) is 5.56 Å². The molecule has 0 fully saturated rings. The Bertz CT molecular complexity index is 729. The standard InChI is InChI=1S/C14H15N3O2S/c1-17(14-4-2-3-8-16-14)20(18,19)12-6-5-11-7-9-15-13(11)10-12/h2-6,8,10,15H,7,9H2,1H3. The van der Waals surface area contributed by atoms with Gasteiger partial charge in [-0.25, -0.2) is 13.4 Å². The van der Waals surface area contributed by atoms with Crippen LogP contribution in [0.15, 0.2) is 47.5 Å². The second-order valence-corrected chi connectivity index (χ2v) is 6.63. The molecule has 5 nitrogen and oxygen atoms in total. The number of benzene rings is 1. The minimum atomic E-state index is -3.58. The molecule has 6 heteroatoms. The molecule has 0 unspecified atom stereocenters. The highest BCUT2D eigenvalue weighted by Crippen LogP contribution is 2.27. The lowest BCUT2D eigenvalue weighted by molar-refractivity contribution is 0.594. The maximum atomic E-state index is 12.6. The fourth-order valence-corrected chi connectivity index (χ4v) is 3.43. The van der Waals surface area contributed by atoms with Crippen molar-refractivity contribution >= 4 is 21.5 Å². The zero-order chi connectivity index (χ0) is 14.2. The number of fused-ring (bicyclic) bond motifs is 1. The number of pyridine rings is 1. The fraction of sp³-hybridized carbons (Fsp3) is 0.214. The number of hydrogen-bond acceptors (Lipinski definition) is 4. The number of nitrogens with zero attached hydrogens (tertiary/aromatic N) is 2. The van der Waals surface area contributed by atoms with Crippen molar-refractivity contribution in [3.8, 4) is 0 Å². The van der Waals surface area contributed by atoms with E-state index in [1.54, 1.807) is 36.5 Å². The Balaban J connectivity index is 2.00. The maximum Gasteiger partial charge on any atom is 0.265 e. The first kappa shape index (κ1) is 12.9. The molecule has 1 aliphatic rings. The molecule has 0 bridgehead atoms. The van der Waals surface area contributed by atoms with Crippen LogP contribution in [0.25, 0.3) is 0 Å². The molecule has 20 heavy (non-hydrogen) atoms. The molecule has 0 spiro atoms. The number of sulfonamides is 1. The van der Waals surface area contributed by atoms with Crippen molar-refractivity contribution < 1.29 is 8.42 Å². The highest BCUT2D eigenvalue weighted by molar-refractivity contribution is 7.92. The molecule has 3 rings (SSSR count). The second kappa shape index (κ2) is 4.79. The van der Waals surface area contributed by atoms with E-state index in [0.717, 1.165) is 24.2 Å². The van der Waals surface area contributed by atoms with Crippen LogP contribution in [-0.2, 0) is 16.4 Å². The van der Waals surface area contributed by atoms with E-state index in [9.17, 15) is 8.42 Å². The van der Waals surface area contributed by atoms with Gasteiger partial charge in [0.05, 0.1) is 4.90 Å². The topological polar surface area (TPSA) is 62.3 Å². The second-order valence-electron chi connectivity index (χ2n) is 4.66. The summed E-state index contributed by atoms with van der Waals surface area (Å²) in [5, 5.41) is 3.19. The van der Waals surface area contributed by atoms with Gasteiger partial charge in [-0.3, -0.25) is 4.31 Å². The molecule has 0 saturated heterocycles. The van der Waals surface area contributed by atoms with Gasteiger partial charge in [0, 0.05) is 25.5 Å². The Morgan fingerprint density at radius 3 is 2.85 bits per heavy atom. The molecule has 1 aromatic heterocycles. The van der Waals surface area contributed by atoms with Crippen molar-refractivity contribution in [2.75, 3.05) is 23.2 Å². The number of aromatic nitrogens is 1. The van der Waals surface area contributed by atoms with Crippen molar-refractivity contribution in [3.63, 3.8) is 0 Å². The minimum Gasteiger partial charge on any atom is -0.384 e. The Morgan fingerprint density at radius 2 is 2.10 bits per heavy atom. The molecule has 2 heterocycles. The van der Waals surface area contributed by atoms with E-state index in [4.69, 9.17) is 0 Å². The molecular weight excluding hydrogens is 274 g/mol. The summed E-state index contributed by atoms with van der Waals surface area (Å²) >= 11 is 0. The summed E-state index contributed by atoms with van der Waals surface area (Å²) < 4.78 is 26.4. The molecule has 0 radical (unpaired) electrons. The van der Waals surface area contributed by atoms with Crippen LogP contribution >= 0.6 is 0 Å². The normalized spacial score (nSPS) is 13.7. The van der Waals surface area contributed by atoms with E-state index >= 15 is 0 Å². The van der Waals surface area contributed by atoms with Gasteiger partial charge in [-0.15, -0.1) is 0 Å². The average Bonchev–Trinajstić information content (AvgIpc) is 2.94. The zero-order valence-electron chi connectivity index (χ0n) is 11.1. The summed E-state index contributed by atoms with van der Waals surface area (Å²) in [5.74, 6) is 0.404. The van der Waals surface area contributed by atoms with E-state index in [1.165, 1.54) is 11.4 Å². The first-order valence-electron chi connectivity index (χ1n) is 6.36. The predicted molar refractivity (Wildman–Crippen MR) is 78.5 cm³/mol. The minimum absolute atomic E-state index is 0.277. The maximum absolute atomic E-state index is 12.6. The summed E-state index contributed by atoms with van der Waals surface area (Å²) in [6.07, 6.45) is 2.51. The molecular formula is C14H15N3O2S. The van der Waals surface area contributed by atoms with Crippen LogP contribution in [0.4, 0.5) is 11.5 Å². The molecule has 104 valence electrons. The van der Waals surface area contributed by atoms with Crippen molar-refractivity contribution in [2.45, 2.75) is 11.3 Å². The summed E-state index contributed by atoms with van der Waals surface area (Å²) in [7, 11) is -2.07. The van der Waals surface area contributed by atoms with Crippen molar-refractivity contribution in [1.29, 1.82) is 0 Å². The molecule has 1 N–H and O–H groups in total. The third kappa shape index (κ3) is 2.12. The van der Waals surface area contributed by atoms with Crippen LogP contribution in [0.2, 0.25) is 0 Å². The fourth-order valence-electron chi connectivity index (χ4n) is 2.25. The monoisotopic (exact) mass is 289 g/mol. The highest BCUT2D eigenvalue weighted by atomic mass is 32.2. The van der Waals surface area contributed by atoms with Crippen LogP contribution in [0.5, 0.6) is 0 Å². The molecule has 0 atom stereocenters. The van der Waals surface area contributed by atoms with Gasteiger partial charge >= 0.3 is 0 Å². The summed E-state index contributed by atoms with van der Waals surface area (Å²) in [6.45, 7) is 0.856. The van der Waals surface area contributed by atoms with Gasteiger partial charge in [-0.1, -0.05) is 12.1 Å². The van der Waals surface area contributed by atoms with Crippen molar-refractivity contribution in [1.82, 2.24) is 4.98 Å². The Kier molecular flexibility index (Phi) is 3.10. The summed E-state index contributed by atoms with van der Waals surface area (Å²) in [5.41, 5.74) is 2.06. The van der Waals surface area contributed by atoms with Gasteiger partial charge in [0.15, 0.2) is 0 Å². The number of rotatable bonds is 3. The Labute approximate surface area is 118 Å². The molecule has 1 aliphatic heterocycles. The predicted octanol–water partition coefficient (Wildman–Crippen LogP) is 1.87. The molecule has 1 aromatic carbocycles. The van der Waals surface area contributed by atoms with E-state index in [2.05, 4.69) is 10.3 Å². The Hall–Kier alpha value is -2.08. The van der Waals surface area contributed by atoms with E-state index in [1.807, 2.05) is 6.07 Å². The van der Waals surface area contributed by atoms with Gasteiger partial charge in [0.25, 0.3) is 10.0 Å². The largest absolute Gasteiger partial charge is 0.384 e. The van der Waals surface area contributed by atoms with Crippen LogP contribution in [-0.4, -0.2) is 27.0 Å². The third-order valence-electron chi connectivity index (χ3n) is 3.42. The lowest BCUT2D eigenvalue weighted by Crippen LogP contribution is -2.27. The third-order valence-corrected chi connectivity index (χ3v) is 5.18. The number of hydrogen-bond donors (Lipinski definition) is 1. The van der Waals surface area contributed by atoms with Crippen LogP contribution in [0.3, 0.4) is 0 Å². The SMILES string of the molecule is CN(c1ccccn1)S(=O)(=O)c1ccc2c(c1)NCC2. The zero-order valence-corrected chi connectivity index (χ0v) is 11.9. The summed E-state index contributed by atoms with van der Waals surface area (Å²) in [4.78, 5) is 4.35. The first-order valence-corrected chi connectivity index (χ1v) is 7.80. The lowest BCUT2D eigenvalue weighted by Gasteiger charge is -2.18. The number of anilines is 2. The van der Waals surface area contributed by atoms with Gasteiger partial charge in [0.2, 0.25) is 0 Å². The van der Waals surface area contributed by atoms with Crippen molar-refractivity contribution in [3.05, 3.63) is 48.2 Å².